The Morgan fingerprint density at radius 2 is 2.44 bits per heavy atom. The van der Waals surface area contributed by atoms with Crippen molar-refractivity contribution < 1.29 is 14.0 Å². The monoisotopic (exact) mass is 135 g/mol. The summed E-state index contributed by atoms with van der Waals surface area (Å²) in [6, 6.07) is 0. The zero-order valence-electron chi connectivity index (χ0n) is 5.32. The molecule has 0 aliphatic rings. The molecule has 0 rings (SSSR count). The van der Waals surface area contributed by atoms with Gasteiger partial charge in [-0.05, 0) is 6.42 Å². The number of halogens is 1. The van der Waals surface area contributed by atoms with Gasteiger partial charge < -0.3 is 4.74 Å². The molecule has 0 aromatic rings. The third kappa shape index (κ3) is 5.23. The molecule has 0 aromatic carbocycles. The summed E-state index contributed by atoms with van der Waals surface area (Å²) in [7, 11) is 0. The third-order valence-corrected chi connectivity index (χ3v) is 0.678. The first-order valence-electron chi connectivity index (χ1n) is 2.80. The minimum absolute atomic E-state index is 0.361. The maximum Gasteiger partial charge on any atom is 0.322 e. The molecule has 0 unspecified atom stereocenters. The van der Waals surface area contributed by atoms with E-state index in [1.54, 1.807) is 0 Å². The van der Waals surface area contributed by atoms with Gasteiger partial charge in [-0.15, -0.1) is 10.0 Å². The Morgan fingerprint density at radius 3 is 2.89 bits per heavy atom. The number of esters is 1. The number of ether oxygens (including phenoxy) is 1. The smallest absolute Gasteiger partial charge is 0.322 e. The lowest BCUT2D eigenvalue weighted by Crippen LogP contribution is -2.18. The quantitative estimate of drug-likeness (QED) is 0.448. The van der Waals surface area contributed by atoms with Crippen LogP contribution in [0.4, 0.5) is 4.48 Å². The van der Waals surface area contributed by atoms with E-state index in [1.165, 1.54) is 5.54 Å². The molecule has 0 fully saturated rings. The lowest BCUT2D eigenvalue weighted by atomic mass is 10.5. The van der Waals surface area contributed by atoms with Crippen molar-refractivity contribution in [1.29, 1.82) is 0 Å². The highest BCUT2D eigenvalue weighted by atomic mass is 19.2. The van der Waals surface area contributed by atoms with E-state index < -0.39 is 5.97 Å². The van der Waals surface area contributed by atoms with E-state index in [-0.39, 0.29) is 6.54 Å². The Labute approximate surface area is 53.1 Å². The van der Waals surface area contributed by atoms with Crippen LogP contribution < -0.4 is 5.54 Å². The molecule has 54 valence electrons. The van der Waals surface area contributed by atoms with Crippen LogP contribution in [0.25, 0.3) is 0 Å². The second kappa shape index (κ2) is 5.50. The van der Waals surface area contributed by atoms with Crippen molar-refractivity contribution in [2.24, 2.45) is 0 Å². The highest BCUT2D eigenvalue weighted by Crippen LogP contribution is 1.80. The summed E-state index contributed by atoms with van der Waals surface area (Å²) >= 11 is 0. The second-order valence-electron chi connectivity index (χ2n) is 1.53. The fourth-order valence-corrected chi connectivity index (χ4v) is 0.321. The summed E-state index contributed by atoms with van der Waals surface area (Å²) in [5.74, 6) is -0.556. The van der Waals surface area contributed by atoms with Crippen LogP contribution in [-0.4, -0.2) is 19.1 Å². The maximum absolute atomic E-state index is 11.1. The molecule has 0 spiro atoms. The van der Waals surface area contributed by atoms with E-state index in [9.17, 15) is 9.28 Å². The van der Waals surface area contributed by atoms with E-state index in [1.807, 2.05) is 6.92 Å². The van der Waals surface area contributed by atoms with Crippen molar-refractivity contribution in [2.45, 2.75) is 13.3 Å². The van der Waals surface area contributed by atoms with Gasteiger partial charge in [0.05, 0.1) is 6.61 Å². The fraction of sp³-hybridized carbons (Fsp3) is 0.800. The molecular formula is C5H10FNO2. The number of hydrogen-bond donors (Lipinski definition) is 1. The summed E-state index contributed by atoms with van der Waals surface area (Å²) in [5, 5.41) is 0. The van der Waals surface area contributed by atoms with Crippen molar-refractivity contribution in [3.63, 3.8) is 0 Å². The highest BCUT2D eigenvalue weighted by molar-refractivity contribution is 5.71. The van der Waals surface area contributed by atoms with Crippen LogP contribution in [0.15, 0.2) is 0 Å². The summed E-state index contributed by atoms with van der Waals surface area (Å²) in [6.45, 7) is 1.87. The molecule has 0 heterocycles. The van der Waals surface area contributed by atoms with Crippen molar-refractivity contribution >= 4 is 5.97 Å². The first-order chi connectivity index (χ1) is 4.31. The van der Waals surface area contributed by atoms with Crippen molar-refractivity contribution in [3.05, 3.63) is 0 Å². The molecule has 9 heavy (non-hydrogen) atoms. The number of hydrogen-bond acceptors (Lipinski definition) is 3. The van der Waals surface area contributed by atoms with Gasteiger partial charge in [0.1, 0.15) is 6.54 Å². The molecular weight excluding hydrogens is 125 g/mol. The zero-order chi connectivity index (χ0) is 7.11. The number of nitrogens with one attached hydrogen (secondary N) is 1. The van der Waals surface area contributed by atoms with Crippen LogP contribution in [0, 0.1) is 0 Å². The lowest BCUT2D eigenvalue weighted by molar-refractivity contribution is -0.143. The maximum atomic E-state index is 11.1. The van der Waals surface area contributed by atoms with E-state index in [0.717, 1.165) is 6.42 Å². The molecule has 0 amide bonds. The largest absolute Gasteiger partial charge is 0.465 e. The van der Waals surface area contributed by atoms with Gasteiger partial charge in [-0.3, -0.25) is 4.79 Å². The second-order valence-corrected chi connectivity index (χ2v) is 1.53. The molecule has 0 atom stereocenters. The van der Waals surface area contributed by atoms with Crippen molar-refractivity contribution in [1.82, 2.24) is 5.54 Å². The van der Waals surface area contributed by atoms with E-state index in [4.69, 9.17) is 0 Å². The van der Waals surface area contributed by atoms with Crippen molar-refractivity contribution in [3.8, 4) is 0 Å². The number of carbonyl (C=O) groups excluding carboxylic acids is 1. The van der Waals surface area contributed by atoms with Gasteiger partial charge in [0, 0.05) is 0 Å². The first-order valence-corrected chi connectivity index (χ1v) is 2.80. The summed E-state index contributed by atoms with van der Waals surface area (Å²) < 4.78 is 15.6. The Kier molecular flexibility index (Phi) is 5.11. The normalized spacial score (nSPS) is 9.11. The Bertz CT molecular complexity index is 87.0. The van der Waals surface area contributed by atoms with Crippen LogP contribution in [0.2, 0.25) is 0 Å². The van der Waals surface area contributed by atoms with Gasteiger partial charge in [-0.1, -0.05) is 6.92 Å². The molecule has 0 bridgehead atoms. The Balaban J connectivity index is 3.06. The van der Waals surface area contributed by atoms with E-state index in [0.29, 0.717) is 6.61 Å². The summed E-state index contributed by atoms with van der Waals surface area (Å²) in [6.07, 6.45) is 0.762. The van der Waals surface area contributed by atoms with Crippen LogP contribution in [0.1, 0.15) is 13.3 Å². The van der Waals surface area contributed by atoms with Crippen LogP contribution in [0.3, 0.4) is 0 Å². The third-order valence-electron chi connectivity index (χ3n) is 0.678. The predicted octanol–water partition coefficient (Wildman–Crippen LogP) is 0.414. The van der Waals surface area contributed by atoms with Gasteiger partial charge in [0.25, 0.3) is 0 Å². The average Bonchev–Trinajstić information content (AvgIpc) is 1.85. The van der Waals surface area contributed by atoms with E-state index >= 15 is 0 Å². The van der Waals surface area contributed by atoms with Gasteiger partial charge >= 0.3 is 5.97 Å². The van der Waals surface area contributed by atoms with Gasteiger partial charge in [-0.2, -0.15) is 0 Å². The first kappa shape index (κ1) is 8.36. The molecule has 0 saturated carbocycles. The standard InChI is InChI=1S/C5H10FNO2/c1-2-3-9-5(8)4-7-6/h7H,2-4H2,1H3. The molecule has 0 aliphatic carbocycles. The minimum Gasteiger partial charge on any atom is -0.465 e. The fourth-order valence-electron chi connectivity index (χ4n) is 0.321. The molecule has 3 nitrogen and oxygen atoms in total. The molecule has 0 aliphatic heterocycles. The van der Waals surface area contributed by atoms with Crippen LogP contribution >= 0.6 is 0 Å². The number of rotatable bonds is 4. The van der Waals surface area contributed by atoms with Crippen molar-refractivity contribution in [2.75, 3.05) is 13.2 Å². The van der Waals surface area contributed by atoms with Crippen LogP contribution in [-0.2, 0) is 9.53 Å². The molecule has 0 saturated heterocycles. The Hall–Kier alpha value is -0.640. The Morgan fingerprint density at radius 1 is 1.78 bits per heavy atom. The molecule has 0 radical (unpaired) electrons. The summed E-state index contributed by atoms with van der Waals surface area (Å²) in [4.78, 5) is 10.3. The molecule has 1 N–H and O–H groups in total. The van der Waals surface area contributed by atoms with E-state index in [2.05, 4.69) is 4.74 Å². The van der Waals surface area contributed by atoms with Crippen LogP contribution in [0.5, 0.6) is 0 Å². The summed E-state index contributed by atoms with van der Waals surface area (Å²) in [5.41, 5.74) is 1.20. The molecule has 0 aromatic heterocycles. The average molecular weight is 135 g/mol. The van der Waals surface area contributed by atoms with Gasteiger partial charge in [0.15, 0.2) is 0 Å². The lowest BCUT2D eigenvalue weighted by Gasteiger charge is -1.98. The minimum atomic E-state index is -0.556. The van der Waals surface area contributed by atoms with Gasteiger partial charge in [0.2, 0.25) is 0 Å². The van der Waals surface area contributed by atoms with Gasteiger partial charge in [-0.25, -0.2) is 0 Å². The molecule has 4 heteroatoms. The SMILES string of the molecule is CCCOC(=O)CNF. The predicted molar refractivity (Wildman–Crippen MR) is 30.4 cm³/mol. The highest BCUT2D eigenvalue weighted by Gasteiger charge is 1.98. The topological polar surface area (TPSA) is 38.3 Å². The number of carbonyl (C=O) groups is 1. The zero-order valence-corrected chi connectivity index (χ0v) is 5.32.